The number of hydrogen-bond acceptors (Lipinski definition) is 4. The average Bonchev–Trinajstić information content (AvgIpc) is 3.18. The molecule has 35 heavy (non-hydrogen) atoms. The van der Waals surface area contributed by atoms with Gasteiger partial charge in [0.25, 0.3) is 0 Å². The highest BCUT2D eigenvalue weighted by Gasteiger charge is 2.54. The number of H-pyrrole nitrogens is 1. The molecule has 0 radical (unpaired) electrons. The number of carbonyl (C=O) groups excluding carboxylic acids is 3. The van der Waals surface area contributed by atoms with E-state index in [1.165, 1.54) is 17.0 Å². The van der Waals surface area contributed by atoms with Crippen LogP contribution in [0.25, 0.3) is 0 Å². The summed E-state index contributed by atoms with van der Waals surface area (Å²) >= 11 is 0. The third-order valence-electron chi connectivity index (χ3n) is 7.12. The van der Waals surface area contributed by atoms with E-state index in [-0.39, 0.29) is 25.1 Å². The lowest BCUT2D eigenvalue weighted by atomic mass is 9.75. The molecule has 0 spiro atoms. The summed E-state index contributed by atoms with van der Waals surface area (Å²) < 4.78 is 40.3. The van der Waals surface area contributed by atoms with E-state index in [0.29, 0.717) is 0 Å². The third kappa shape index (κ3) is 4.70. The van der Waals surface area contributed by atoms with Crippen molar-refractivity contribution in [3.63, 3.8) is 0 Å². The fraction of sp³-hybridized carbons (Fsp3) is 0.520. The Balaban J connectivity index is 1.63. The van der Waals surface area contributed by atoms with Crippen LogP contribution in [0.15, 0.2) is 24.3 Å². The summed E-state index contributed by atoms with van der Waals surface area (Å²) in [5.74, 6) is -1.57. The predicted octanol–water partition coefficient (Wildman–Crippen LogP) is 3.76. The molecular formula is C25H29F3N4O3. The van der Waals surface area contributed by atoms with Crippen molar-refractivity contribution in [1.82, 2.24) is 20.0 Å². The number of nitrogens with one attached hydrogen (secondary N) is 1. The molecule has 2 heterocycles. The zero-order chi connectivity index (χ0) is 25.4. The van der Waals surface area contributed by atoms with Crippen LogP contribution in [0.1, 0.15) is 67.1 Å². The average molecular weight is 491 g/mol. The van der Waals surface area contributed by atoms with Crippen molar-refractivity contribution in [2.75, 3.05) is 13.6 Å². The van der Waals surface area contributed by atoms with Crippen molar-refractivity contribution in [3.8, 4) is 0 Å². The molecular weight excluding hydrogens is 461 g/mol. The molecule has 7 nitrogen and oxygen atoms in total. The minimum atomic E-state index is -4.62. The van der Waals surface area contributed by atoms with Crippen molar-refractivity contribution < 1.29 is 27.6 Å². The van der Waals surface area contributed by atoms with Crippen LogP contribution in [0.2, 0.25) is 0 Å². The molecule has 0 saturated carbocycles. The maximum absolute atomic E-state index is 13.4. The van der Waals surface area contributed by atoms with E-state index in [9.17, 15) is 27.6 Å². The zero-order valence-electron chi connectivity index (χ0n) is 19.9. The number of aromatic amines is 1. The quantitative estimate of drug-likeness (QED) is 0.494. The summed E-state index contributed by atoms with van der Waals surface area (Å²) in [6.07, 6.45) is -0.354. The maximum atomic E-state index is 13.4. The van der Waals surface area contributed by atoms with Gasteiger partial charge in [0.2, 0.25) is 17.7 Å². The van der Waals surface area contributed by atoms with Crippen molar-refractivity contribution in [1.29, 1.82) is 0 Å². The van der Waals surface area contributed by atoms with Gasteiger partial charge in [-0.25, -0.2) is 0 Å². The summed E-state index contributed by atoms with van der Waals surface area (Å²) in [5.41, 5.74) is 0.367. The van der Waals surface area contributed by atoms with Gasteiger partial charge in [-0.2, -0.15) is 18.3 Å². The molecule has 1 N–H and O–H groups in total. The van der Waals surface area contributed by atoms with Crippen LogP contribution in [0.4, 0.5) is 13.2 Å². The van der Waals surface area contributed by atoms with Gasteiger partial charge in [-0.3, -0.25) is 24.4 Å². The Morgan fingerprint density at radius 3 is 2.63 bits per heavy atom. The number of likely N-dealkylation sites (tertiary alicyclic amines) is 1. The molecule has 0 unspecified atom stereocenters. The van der Waals surface area contributed by atoms with Crippen molar-refractivity contribution in [3.05, 3.63) is 52.3 Å². The maximum Gasteiger partial charge on any atom is 0.416 e. The molecule has 1 aliphatic carbocycles. The smallest absolute Gasteiger partial charge is 0.340 e. The normalized spacial score (nSPS) is 20.7. The van der Waals surface area contributed by atoms with Gasteiger partial charge in [0.05, 0.1) is 23.2 Å². The van der Waals surface area contributed by atoms with Crippen LogP contribution >= 0.6 is 0 Å². The van der Waals surface area contributed by atoms with E-state index < -0.39 is 41.3 Å². The fourth-order valence-electron chi connectivity index (χ4n) is 5.14. The minimum absolute atomic E-state index is 0.0250. The van der Waals surface area contributed by atoms with Gasteiger partial charge in [-0.15, -0.1) is 0 Å². The van der Waals surface area contributed by atoms with Gasteiger partial charge >= 0.3 is 6.18 Å². The first-order chi connectivity index (χ1) is 16.6. The van der Waals surface area contributed by atoms with Crippen molar-refractivity contribution >= 4 is 17.7 Å². The van der Waals surface area contributed by atoms with E-state index in [4.69, 9.17) is 0 Å². The molecule has 2 aromatic rings. The number of amides is 3. The second-order valence-corrected chi connectivity index (χ2v) is 9.40. The summed E-state index contributed by atoms with van der Waals surface area (Å²) in [7, 11) is 1.58. The Morgan fingerprint density at radius 2 is 1.94 bits per heavy atom. The molecule has 1 atom stereocenters. The first kappa shape index (κ1) is 24.9. The number of imide groups is 1. The van der Waals surface area contributed by atoms with Gasteiger partial charge in [0, 0.05) is 32.1 Å². The van der Waals surface area contributed by atoms with E-state index in [2.05, 4.69) is 10.2 Å². The summed E-state index contributed by atoms with van der Waals surface area (Å²) in [6.45, 7) is 1.92. The number of fused-ring (bicyclic) bond motifs is 1. The molecule has 1 aliphatic heterocycles. The largest absolute Gasteiger partial charge is 0.416 e. The highest BCUT2D eigenvalue weighted by atomic mass is 19.4. The number of carbonyl (C=O) groups is 3. The summed E-state index contributed by atoms with van der Waals surface area (Å²) in [5, 5.41) is 7.45. The molecule has 2 aliphatic rings. The Morgan fingerprint density at radius 1 is 1.20 bits per heavy atom. The monoisotopic (exact) mass is 490 g/mol. The molecule has 0 bridgehead atoms. The standard InChI is InChI=1S/C25H29F3N4O3/c1-3-32-22(34)14-24(23(32)35,16-8-7-9-17(12-16)25(26,27)28)13-21(33)31(2)15-20-18-10-5-4-6-11-19(18)29-30-20/h7-9,12H,3-6,10-11,13-15H2,1-2H3,(H,29,30)/t24-/m1/s1. The molecule has 1 aromatic heterocycles. The van der Waals surface area contributed by atoms with Crippen LogP contribution in [-0.4, -0.2) is 51.3 Å². The molecule has 10 heteroatoms. The number of aromatic nitrogens is 2. The fourth-order valence-corrected chi connectivity index (χ4v) is 5.14. The Bertz CT molecular complexity index is 1140. The molecule has 3 amide bonds. The van der Waals surface area contributed by atoms with Crippen molar-refractivity contribution in [2.24, 2.45) is 0 Å². The van der Waals surface area contributed by atoms with Crippen LogP contribution < -0.4 is 0 Å². The molecule has 1 fully saturated rings. The molecule has 1 aromatic carbocycles. The van der Waals surface area contributed by atoms with E-state index >= 15 is 0 Å². The number of nitrogens with zero attached hydrogens (tertiary/aromatic N) is 3. The Labute approximate surface area is 201 Å². The lowest BCUT2D eigenvalue weighted by molar-refractivity contribution is -0.142. The number of rotatable bonds is 6. The Hall–Kier alpha value is -3.17. The van der Waals surface area contributed by atoms with Gasteiger partial charge in [-0.05, 0) is 49.8 Å². The number of alkyl halides is 3. The van der Waals surface area contributed by atoms with Gasteiger partial charge in [-0.1, -0.05) is 24.6 Å². The zero-order valence-corrected chi connectivity index (χ0v) is 19.9. The molecule has 188 valence electrons. The Kier molecular flexibility index (Phi) is 6.75. The van der Waals surface area contributed by atoms with E-state index in [0.717, 1.165) is 66.1 Å². The first-order valence-electron chi connectivity index (χ1n) is 11.9. The summed E-state index contributed by atoms with van der Waals surface area (Å²) in [4.78, 5) is 41.8. The van der Waals surface area contributed by atoms with Crippen molar-refractivity contribution in [2.45, 2.75) is 70.0 Å². The predicted molar refractivity (Wildman–Crippen MR) is 121 cm³/mol. The van der Waals surface area contributed by atoms with Crippen LogP contribution in [0, 0.1) is 0 Å². The van der Waals surface area contributed by atoms with Gasteiger partial charge < -0.3 is 4.90 Å². The lowest BCUT2D eigenvalue weighted by Gasteiger charge is -2.29. The van der Waals surface area contributed by atoms with Gasteiger partial charge in [0.15, 0.2) is 0 Å². The topological polar surface area (TPSA) is 86.4 Å². The molecule has 4 rings (SSSR count). The number of hydrogen-bond donors (Lipinski definition) is 1. The number of benzene rings is 1. The number of halogens is 3. The third-order valence-corrected chi connectivity index (χ3v) is 7.12. The van der Waals surface area contributed by atoms with Crippen LogP contribution in [-0.2, 0) is 45.4 Å². The van der Waals surface area contributed by atoms with Crippen LogP contribution in [0.3, 0.4) is 0 Å². The highest BCUT2D eigenvalue weighted by molar-refractivity contribution is 6.10. The van der Waals surface area contributed by atoms with Gasteiger partial charge in [0.1, 0.15) is 0 Å². The first-order valence-corrected chi connectivity index (χ1v) is 11.9. The number of aryl methyl sites for hydroxylation is 1. The second kappa shape index (κ2) is 9.47. The van der Waals surface area contributed by atoms with E-state index in [1.54, 1.807) is 14.0 Å². The minimum Gasteiger partial charge on any atom is -0.340 e. The molecule has 1 saturated heterocycles. The summed E-state index contributed by atoms with van der Waals surface area (Å²) in [6, 6.07) is 4.39. The lowest BCUT2D eigenvalue weighted by Crippen LogP contribution is -2.42. The number of likely N-dealkylation sites (N-methyl/N-ethyl adjacent to an activating group) is 1. The second-order valence-electron chi connectivity index (χ2n) is 9.40. The van der Waals surface area contributed by atoms with E-state index in [1.807, 2.05) is 0 Å². The SMILES string of the molecule is CCN1C(=O)C[C@](CC(=O)N(C)Cc2n[nH]c3c2CCCCC3)(c2cccc(C(F)(F)F)c2)C1=O. The van der Waals surface area contributed by atoms with Crippen LogP contribution in [0.5, 0.6) is 0 Å². The highest BCUT2D eigenvalue weighted by Crippen LogP contribution is 2.42.